The highest BCUT2D eigenvalue weighted by Gasteiger charge is 2.09. The van der Waals surface area contributed by atoms with Gasteiger partial charge in [-0.1, -0.05) is 18.2 Å². The number of pyridine rings is 1. The van der Waals surface area contributed by atoms with Crippen molar-refractivity contribution < 1.29 is 4.79 Å². The Morgan fingerprint density at radius 1 is 1.05 bits per heavy atom. The average Bonchev–Trinajstić information content (AvgIpc) is 2.98. The normalized spacial score (nSPS) is 10.3. The van der Waals surface area contributed by atoms with Crippen molar-refractivity contribution >= 4 is 6.29 Å². The lowest BCUT2D eigenvalue weighted by atomic mass is 10.0. The van der Waals surface area contributed by atoms with Gasteiger partial charge in [-0.05, 0) is 23.8 Å². The summed E-state index contributed by atoms with van der Waals surface area (Å²) in [6.07, 6.45) is 6.10. The Kier molecular flexibility index (Phi) is 2.90. The number of aldehydes is 1. The van der Waals surface area contributed by atoms with E-state index in [4.69, 9.17) is 0 Å². The van der Waals surface area contributed by atoms with E-state index in [1.165, 1.54) is 0 Å². The lowest BCUT2D eigenvalue weighted by Crippen LogP contribution is -1.85. The van der Waals surface area contributed by atoms with Crippen molar-refractivity contribution in [2.45, 2.75) is 0 Å². The maximum Gasteiger partial charge on any atom is 0.150 e. The molecule has 0 atom stereocenters. The molecule has 0 aliphatic rings. The molecule has 0 radical (unpaired) electrons. The second-order valence-electron chi connectivity index (χ2n) is 4.14. The number of nitrogens with one attached hydrogen (secondary N) is 1. The fourth-order valence-electron chi connectivity index (χ4n) is 2.02. The molecular formula is C15H11N3O. The quantitative estimate of drug-likeness (QED) is 0.726. The van der Waals surface area contributed by atoms with E-state index in [-0.39, 0.29) is 0 Å². The van der Waals surface area contributed by atoms with Gasteiger partial charge in [0, 0.05) is 29.1 Å². The van der Waals surface area contributed by atoms with Crippen LogP contribution in [0.1, 0.15) is 10.4 Å². The minimum absolute atomic E-state index is 0.646. The Bertz CT molecular complexity index is 704. The predicted molar refractivity (Wildman–Crippen MR) is 72.6 cm³/mol. The molecule has 1 aromatic carbocycles. The van der Waals surface area contributed by atoms with Crippen LogP contribution < -0.4 is 0 Å². The van der Waals surface area contributed by atoms with E-state index in [2.05, 4.69) is 15.2 Å². The highest BCUT2D eigenvalue weighted by Crippen LogP contribution is 2.29. The van der Waals surface area contributed by atoms with Gasteiger partial charge in [-0.25, -0.2) is 0 Å². The Morgan fingerprint density at radius 2 is 1.89 bits per heavy atom. The van der Waals surface area contributed by atoms with Crippen LogP contribution in [0.15, 0.2) is 55.0 Å². The first kappa shape index (κ1) is 11.3. The van der Waals surface area contributed by atoms with Crippen molar-refractivity contribution in [3.63, 3.8) is 0 Å². The van der Waals surface area contributed by atoms with E-state index in [0.29, 0.717) is 5.56 Å². The summed E-state index contributed by atoms with van der Waals surface area (Å²) in [5, 5.41) is 7.08. The van der Waals surface area contributed by atoms with Gasteiger partial charge in [0.1, 0.15) is 6.29 Å². The monoisotopic (exact) mass is 249 g/mol. The molecule has 0 saturated heterocycles. The average molecular weight is 249 g/mol. The molecule has 0 amide bonds. The van der Waals surface area contributed by atoms with Crippen LogP contribution in [0, 0.1) is 0 Å². The van der Waals surface area contributed by atoms with E-state index in [9.17, 15) is 4.79 Å². The molecule has 4 nitrogen and oxygen atoms in total. The number of nitrogens with zero attached hydrogens (tertiary/aromatic N) is 2. The highest BCUT2D eigenvalue weighted by molar-refractivity contribution is 5.83. The van der Waals surface area contributed by atoms with Gasteiger partial charge in [0.15, 0.2) is 0 Å². The summed E-state index contributed by atoms with van der Waals surface area (Å²) < 4.78 is 0. The van der Waals surface area contributed by atoms with Crippen LogP contribution in [-0.4, -0.2) is 21.5 Å². The summed E-state index contributed by atoms with van der Waals surface area (Å²) in [5.74, 6) is 0. The van der Waals surface area contributed by atoms with Gasteiger partial charge in [-0.3, -0.25) is 14.9 Å². The smallest absolute Gasteiger partial charge is 0.150 e. The predicted octanol–water partition coefficient (Wildman–Crippen LogP) is 2.95. The van der Waals surface area contributed by atoms with Crippen molar-refractivity contribution in [3.05, 3.63) is 60.6 Å². The molecular weight excluding hydrogens is 238 g/mol. The zero-order valence-electron chi connectivity index (χ0n) is 10.1. The minimum Gasteiger partial charge on any atom is -0.298 e. The maximum atomic E-state index is 10.8. The van der Waals surface area contributed by atoms with Crippen molar-refractivity contribution in [1.82, 2.24) is 15.2 Å². The van der Waals surface area contributed by atoms with E-state index in [1.807, 2.05) is 30.3 Å². The zero-order chi connectivity index (χ0) is 13.1. The summed E-state index contributed by atoms with van der Waals surface area (Å²) >= 11 is 0. The Labute approximate surface area is 110 Å². The van der Waals surface area contributed by atoms with Crippen LogP contribution in [-0.2, 0) is 0 Å². The molecule has 1 N–H and O–H groups in total. The van der Waals surface area contributed by atoms with Gasteiger partial charge in [-0.2, -0.15) is 5.10 Å². The molecule has 2 aromatic heterocycles. The molecule has 2 heterocycles. The fraction of sp³-hybridized carbons (Fsp3) is 0. The number of rotatable bonds is 3. The Hall–Kier alpha value is -2.75. The molecule has 0 bridgehead atoms. The molecule has 4 heteroatoms. The van der Waals surface area contributed by atoms with E-state index >= 15 is 0 Å². The molecule has 0 aliphatic carbocycles. The third kappa shape index (κ3) is 2.15. The Balaban J connectivity index is 2.12. The summed E-state index contributed by atoms with van der Waals surface area (Å²) in [5.41, 5.74) is 4.51. The third-order valence-corrected chi connectivity index (χ3v) is 2.94. The lowest BCUT2D eigenvalue weighted by Gasteiger charge is -2.04. The summed E-state index contributed by atoms with van der Waals surface area (Å²) in [6, 6.07) is 11.3. The molecule has 3 rings (SSSR count). The lowest BCUT2D eigenvalue weighted by molar-refractivity contribution is 0.112. The number of aromatic nitrogens is 3. The van der Waals surface area contributed by atoms with Gasteiger partial charge < -0.3 is 0 Å². The molecule has 0 unspecified atom stereocenters. The Morgan fingerprint density at radius 3 is 2.68 bits per heavy atom. The summed E-state index contributed by atoms with van der Waals surface area (Å²) in [4.78, 5) is 14.9. The molecule has 0 spiro atoms. The van der Waals surface area contributed by atoms with Gasteiger partial charge in [0.05, 0.1) is 11.9 Å². The first-order valence-electron chi connectivity index (χ1n) is 5.88. The number of benzene rings is 1. The number of carbonyl (C=O) groups is 1. The van der Waals surface area contributed by atoms with Crippen LogP contribution in [0.4, 0.5) is 0 Å². The van der Waals surface area contributed by atoms with Crippen molar-refractivity contribution in [2.24, 2.45) is 0 Å². The van der Waals surface area contributed by atoms with Crippen molar-refractivity contribution in [2.75, 3.05) is 0 Å². The van der Waals surface area contributed by atoms with Crippen molar-refractivity contribution in [1.29, 1.82) is 0 Å². The van der Waals surface area contributed by atoms with E-state index < -0.39 is 0 Å². The minimum atomic E-state index is 0.646. The number of hydrogen-bond acceptors (Lipinski definition) is 3. The molecule has 0 fully saturated rings. The van der Waals surface area contributed by atoms with Crippen LogP contribution in [0.5, 0.6) is 0 Å². The maximum absolute atomic E-state index is 10.8. The first-order valence-corrected chi connectivity index (χ1v) is 5.88. The summed E-state index contributed by atoms with van der Waals surface area (Å²) in [7, 11) is 0. The van der Waals surface area contributed by atoms with Crippen molar-refractivity contribution in [3.8, 4) is 22.4 Å². The second kappa shape index (κ2) is 4.86. The highest BCUT2D eigenvalue weighted by atomic mass is 16.1. The number of carbonyl (C=O) groups excluding carboxylic acids is 1. The van der Waals surface area contributed by atoms with E-state index in [0.717, 1.165) is 28.7 Å². The van der Waals surface area contributed by atoms with Gasteiger partial charge in [0.25, 0.3) is 0 Å². The number of aromatic amines is 1. The number of hydrogen-bond donors (Lipinski definition) is 1. The van der Waals surface area contributed by atoms with Crippen LogP contribution >= 0.6 is 0 Å². The van der Waals surface area contributed by atoms with Crippen LogP contribution in [0.25, 0.3) is 22.4 Å². The summed E-state index contributed by atoms with van der Waals surface area (Å²) in [6.45, 7) is 0. The molecule has 92 valence electrons. The molecule has 19 heavy (non-hydrogen) atoms. The second-order valence-corrected chi connectivity index (χ2v) is 4.14. The topological polar surface area (TPSA) is 58.6 Å². The molecule has 0 saturated carbocycles. The largest absolute Gasteiger partial charge is 0.298 e. The van der Waals surface area contributed by atoms with Crippen LogP contribution in [0.3, 0.4) is 0 Å². The zero-order valence-corrected chi connectivity index (χ0v) is 10.1. The molecule has 0 aliphatic heterocycles. The fourth-order valence-corrected chi connectivity index (χ4v) is 2.02. The third-order valence-electron chi connectivity index (χ3n) is 2.94. The first-order chi connectivity index (χ1) is 9.38. The van der Waals surface area contributed by atoms with Gasteiger partial charge in [-0.15, -0.1) is 0 Å². The number of H-pyrrole nitrogens is 1. The van der Waals surface area contributed by atoms with E-state index in [1.54, 1.807) is 24.7 Å². The standard InChI is InChI=1S/C15H11N3O/c19-10-11-2-1-3-13(8-11)15-14(9-17-18-15)12-4-6-16-7-5-12/h1-10H,(H,17,18). The van der Waals surface area contributed by atoms with Gasteiger partial charge in [0.2, 0.25) is 0 Å². The van der Waals surface area contributed by atoms with Crippen LogP contribution in [0.2, 0.25) is 0 Å². The molecule has 3 aromatic rings. The SMILES string of the molecule is O=Cc1cccc(-c2[nH]ncc2-c2ccncc2)c1. The van der Waals surface area contributed by atoms with Gasteiger partial charge >= 0.3 is 0 Å².